The summed E-state index contributed by atoms with van der Waals surface area (Å²) in [5, 5.41) is 15.8. The number of rotatable bonds is 16. The zero-order valence-corrected chi connectivity index (χ0v) is 36.6. The lowest BCUT2D eigenvalue weighted by Gasteiger charge is -2.36. The van der Waals surface area contributed by atoms with Gasteiger partial charge in [-0.1, -0.05) is 77.4 Å². The van der Waals surface area contributed by atoms with Crippen molar-refractivity contribution in [2.75, 3.05) is 72.7 Å². The van der Waals surface area contributed by atoms with Crippen molar-refractivity contribution in [2.24, 2.45) is 5.92 Å². The van der Waals surface area contributed by atoms with Crippen LogP contribution in [0.5, 0.6) is 0 Å². The number of thioether (sulfide) groups is 2. The third kappa shape index (κ3) is 11.0. The molecule has 0 aliphatic carbocycles. The summed E-state index contributed by atoms with van der Waals surface area (Å²) in [4.78, 5) is 8.60. The van der Waals surface area contributed by atoms with Gasteiger partial charge in [-0.05, 0) is 84.5 Å². The van der Waals surface area contributed by atoms with Crippen molar-refractivity contribution >= 4 is 73.3 Å². The summed E-state index contributed by atoms with van der Waals surface area (Å²) >= 11 is 10.0. The van der Waals surface area contributed by atoms with E-state index in [2.05, 4.69) is 85.2 Å². The summed E-state index contributed by atoms with van der Waals surface area (Å²) in [6.45, 7) is 7.57. The molecule has 2 aliphatic heterocycles. The van der Waals surface area contributed by atoms with Gasteiger partial charge in [-0.2, -0.15) is 17.2 Å². The van der Waals surface area contributed by atoms with E-state index in [-0.39, 0.29) is 16.2 Å². The van der Waals surface area contributed by atoms with Crippen molar-refractivity contribution in [3.05, 3.63) is 131 Å². The van der Waals surface area contributed by atoms with Crippen LogP contribution in [0, 0.1) is 5.92 Å². The van der Waals surface area contributed by atoms with Crippen LogP contribution in [-0.2, 0) is 23.0 Å². The maximum Gasteiger partial charge on any atom is 0.263 e. The van der Waals surface area contributed by atoms with Gasteiger partial charge in [0.15, 0.2) is 17.1 Å². The van der Waals surface area contributed by atoms with Crippen molar-refractivity contribution in [3.63, 3.8) is 0 Å². The van der Waals surface area contributed by atoms with Crippen LogP contribution in [0.3, 0.4) is 0 Å². The minimum atomic E-state index is -4.05. The molecule has 15 heteroatoms. The minimum absolute atomic E-state index is 0. The average molecular weight is 889 g/mol. The van der Waals surface area contributed by atoms with E-state index in [0.717, 1.165) is 98.3 Å². The number of halogens is 1. The average Bonchev–Trinajstić information content (AvgIpc) is 3.67. The molecule has 0 radical (unpaired) electrons. The lowest BCUT2D eigenvalue weighted by Crippen LogP contribution is -2.74. The van der Waals surface area contributed by atoms with Gasteiger partial charge in [0.25, 0.3) is 10.0 Å². The van der Waals surface area contributed by atoms with Gasteiger partial charge in [-0.25, -0.2) is 13.6 Å². The number of sulfonamides is 1. The second-order valence-corrected chi connectivity index (χ2v) is 19.6. The van der Waals surface area contributed by atoms with Gasteiger partial charge in [0.2, 0.25) is 0 Å². The van der Waals surface area contributed by atoms with E-state index in [0.29, 0.717) is 22.6 Å². The van der Waals surface area contributed by atoms with E-state index in [1.165, 1.54) is 33.6 Å². The fourth-order valence-corrected chi connectivity index (χ4v) is 11.1. The highest BCUT2D eigenvalue weighted by Gasteiger charge is 2.25. The van der Waals surface area contributed by atoms with E-state index in [9.17, 15) is 13.6 Å². The topological polar surface area (TPSA) is 150 Å². The lowest BCUT2D eigenvalue weighted by molar-refractivity contribution is -0.826. The standard InChI is InChI=1S/C45H49ClN6O4S3.H2O/c46-37-13-10-34(11-14-37)41-9-5-4-6-36(41)31-51-20-22-52(23-21-51)38-15-17-42-44(29-38)56-48-45(42)49-59(54,55)40-16-12-35(43(30-40)47-53)28-33(18-19-50-24-26-57-27-25-50)32-58-39-7-2-1-3-8-39;/h1-17,29-30,33,47,53H,18-28,31-32H2,(H,48,49);1H2/p+1/t33-;/m0./s1. The van der Waals surface area contributed by atoms with Crippen molar-refractivity contribution < 1.29 is 29.1 Å². The third-order valence-corrected chi connectivity index (χ3v) is 15.0. The Balaban J connectivity index is 0.00000544. The Morgan fingerprint density at radius 1 is 0.850 bits per heavy atom. The van der Waals surface area contributed by atoms with Crippen LogP contribution in [0.15, 0.2) is 130 Å². The monoisotopic (exact) mass is 887 g/mol. The number of hydrogen-bond donors (Lipinski definition) is 3. The molecule has 3 heterocycles. The molecule has 11 nitrogen and oxygen atoms in total. The molecule has 1 aromatic heterocycles. The molecule has 2 saturated heterocycles. The smallest absolute Gasteiger partial charge is 0.263 e. The highest BCUT2D eigenvalue weighted by molar-refractivity contribution is 7.99. The van der Waals surface area contributed by atoms with Crippen LogP contribution in [0.2, 0.25) is 5.02 Å². The fraction of sp³-hybridized carbons (Fsp3) is 0.311. The Morgan fingerprint density at radius 2 is 1.60 bits per heavy atom. The molecule has 2 aliphatic rings. The molecular weight excluding hydrogens is 836 g/mol. The Kier molecular flexibility index (Phi) is 15.1. The van der Waals surface area contributed by atoms with Gasteiger partial charge in [0.05, 0.1) is 10.3 Å². The summed E-state index contributed by atoms with van der Waals surface area (Å²) in [5.41, 5.74) is 7.59. The van der Waals surface area contributed by atoms with Crippen LogP contribution >= 0.6 is 35.1 Å². The van der Waals surface area contributed by atoms with Gasteiger partial charge in [-0.15, -0.1) is 11.8 Å². The number of anilines is 2. The lowest BCUT2D eigenvalue weighted by atomic mass is 9.96. The first-order valence-corrected chi connectivity index (χ1v) is 24.1. The number of hydrogen-bond acceptors (Lipinski definition) is 10. The van der Waals surface area contributed by atoms with Gasteiger partial charge in [-0.3, -0.25) is 9.62 Å². The number of nitrogens with two attached hydrogens (primary N) is 1. The molecule has 60 heavy (non-hydrogen) atoms. The van der Waals surface area contributed by atoms with E-state index >= 15 is 0 Å². The highest BCUT2D eigenvalue weighted by Crippen LogP contribution is 2.32. The predicted octanol–water partition coefficient (Wildman–Crippen LogP) is 7.42. The Labute approximate surface area is 365 Å². The summed E-state index contributed by atoms with van der Waals surface area (Å²) in [6, 6.07) is 37.7. The Hall–Kier alpha value is -4.09. The van der Waals surface area contributed by atoms with Gasteiger partial charge in [0, 0.05) is 96.4 Å². The quantitative estimate of drug-likeness (QED) is 0.0509. The summed E-state index contributed by atoms with van der Waals surface area (Å²) in [5.74, 6) is 3.74. The number of piperazine rings is 1. The zero-order chi connectivity index (χ0) is 40.6. The number of nitrogens with one attached hydrogen (secondary N) is 1. The maximum atomic E-state index is 13.8. The van der Waals surface area contributed by atoms with E-state index in [4.69, 9.17) is 16.1 Å². The molecule has 2 fully saturated rings. The number of nitrogens with zero attached hydrogens (tertiary/aromatic N) is 4. The predicted molar refractivity (Wildman–Crippen MR) is 245 cm³/mol. The van der Waals surface area contributed by atoms with Crippen molar-refractivity contribution in [2.45, 2.75) is 29.2 Å². The molecule has 8 rings (SSSR count). The summed E-state index contributed by atoms with van der Waals surface area (Å²) in [7, 11) is -4.05. The Bertz CT molecular complexity index is 2430. The van der Waals surface area contributed by atoms with Gasteiger partial charge >= 0.3 is 0 Å². The SMILES string of the molecule is O.O=S(=O)(Nc1noc2cc(N3CCN(Cc4ccccc4-c4ccc(Cl)cc4)CC3)ccc12)c1ccc(C[C@H](CCN2CCSCC2)CSc2ccccc2)c([NH2+]O)c1. The molecule has 0 amide bonds. The van der Waals surface area contributed by atoms with Crippen molar-refractivity contribution in [3.8, 4) is 11.1 Å². The number of aromatic nitrogens is 1. The van der Waals surface area contributed by atoms with Crippen LogP contribution in [-0.4, -0.2) is 97.1 Å². The molecule has 0 saturated carbocycles. The largest absolute Gasteiger partial charge is 0.412 e. The number of quaternary nitrogens is 1. The van der Waals surface area contributed by atoms with Crippen LogP contribution in [0.4, 0.5) is 17.2 Å². The van der Waals surface area contributed by atoms with Crippen LogP contribution < -0.4 is 15.1 Å². The second kappa shape index (κ2) is 20.6. The van der Waals surface area contributed by atoms with Crippen LogP contribution in [0.25, 0.3) is 22.1 Å². The van der Waals surface area contributed by atoms with E-state index < -0.39 is 10.0 Å². The summed E-state index contributed by atoms with van der Waals surface area (Å²) < 4.78 is 35.8. The van der Waals surface area contributed by atoms with E-state index in [1.54, 1.807) is 6.07 Å². The first-order valence-electron chi connectivity index (χ1n) is 20.1. The van der Waals surface area contributed by atoms with Crippen LogP contribution in [0.1, 0.15) is 17.5 Å². The van der Waals surface area contributed by atoms with Gasteiger partial charge in [0.1, 0.15) is 0 Å². The first kappa shape index (κ1) is 44.0. The Morgan fingerprint density at radius 3 is 2.37 bits per heavy atom. The maximum absolute atomic E-state index is 13.8. The molecule has 0 bridgehead atoms. The number of fused-ring (bicyclic) bond motifs is 1. The van der Waals surface area contributed by atoms with Crippen molar-refractivity contribution in [1.82, 2.24) is 15.0 Å². The molecule has 6 N–H and O–H groups in total. The molecular formula is C45H52ClN6O5S3+. The first-order chi connectivity index (χ1) is 28.8. The fourth-order valence-electron chi connectivity index (χ4n) is 7.88. The number of benzene rings is 5. The normalized spacial score (nSPS) is 15.8. The molecule has 0 spiro atoms. The van der Waals surface area contributed by atoms with Gasteiger partial charge < -0.3 is 19.8 Å². The minimum Gasteiger partial charge on any atom is -0.412 e. The molecule has 316 valence electrons. The molecule has 5 aromatic carbocycles. The molecule has 1 atom stereocenters. The molecule has 0 unspecified atom stereocenters. The highest BCUT2D eigenvalue weighted by atomic mass is 35.5. The van der Waals surface area contributed by atoms with Crippen molar-refractivity contribution in [1.29, 1.82) is 0 Å². The van der Waals surface area contributed by atoms with E-state index in [1.807, 2.05) is 66.0 Å². The second-order valence-electron chi connectivity index (χ2n) is 15.2. The third-order valence-electron chi connectivity index (χ3n) is 11.3. The zero-order valence-electron chi connectivity index (χ0n) is 33.4. The molecule has 6 aromatic rings. The summed E-state index contributed by atoms with van der Waals surface area (Å²) in [6.07, 6.45) is 1.75.